The smallest absolute Gasteiger partial charge is 0.255 e. The fourth-order valence-corrected chi connectivity index (χ4v) is 2.03. The predicted octanol–water partition coefficient (Wildman–Crippen LogP) is 1.75. The quantitative estimate of drug-likeness (QED) is 0.536. The van der Waals surface area contributed by atoms with Gasteiger partial charge in [-0.1, -0.05) is 25.5 Å². The monoisotopic (exact) mass is 320 g/mol. The molecule has 6 heteroatoms. The summed E-state index contributed by atoms with van der Waals surface area (Å²) in [7, 11) is 2.05. The molecular weight excluding hydrogens is 292 g/mol. The van der Waals surface area contributed by atoms with Crippen LogP contribution in [-0.4, -0.2) is 43.5 Å². The number of nitrogens with one attached hydrogen (secondary N) is 1. The molecule has 0 aliphatic carbocycles. The number of aliphatic imine (C=N–C) groups is 1. The zero-order chi connectivity index (χ0) is 17.1. The summed E-state index contributed by atoms with van der Waals surface area (Å²) in [5.41, 5.74) is 6.10. The SMILES string of the molecule is CCCCN(C)C(=NCc1cccc(OCC(N)=O)c1)NCC. The van der Waals surface area contributed by atoms with E-state index in [4.69, 9.17) is 10.5 Å². The van der Waals surface area contributed by atoms with Gasteiger partial charge < -0.3 is 20.7 Å². The van der Waals surface area contributed by atoms with Crippen LogP contribution < -0.4 is 15.8 Å². The molecule has 0 atom stereocenters. The Morgan fingerprint density at radius 3 is 2.83 bits per heavy atom. The number of rotatable bonds is 9. The fraction of sp³-hybridized carbons (Fsp3) is 0.529. The van der Waals surface area contributed by atoms with Crippen LogP contribution in [0.4, 0.5) is 0 Å². The highest BCUT2D eigenvalue weighted by atomic mass is 16.5. The molecule has 1 aromatic rings. The number of hydrogen-bond donors (Lipinski definition) is 2. The van der Waals surface area contributed by atoms with Crippen molar-refractivity contribution in [2.75, 3.05) is 26.7 Å². The molecule has 0 unspecified atom stereocenters. The van der Waals surface area contributed by atoms with Crippen molar-refractivity contribution in [1.82, 2.24) is 10.2 Å². The van der Waals surface area contributed by atoms with E-state index in [0.29, 0.717) is 12.3 Å². The molecule has 1 aromatic carbocycles. The van der Waals surface area contributed by atoms with Gasteiger partial charge in [-0.3, -0.25) is 4.79 Å². The van der Waals surface area contributed by atoms with Gasteiger partial charge in [0.15, 0.2) is 12.6 Å². The van der Waals surface area contributed by atoms with Gasteiger partial charge in [-0.25, -0.2) is 4.99 Å². The van der Waals surface area contributed by atoms with Crippen LogP contribution >= 0.6 is 0 Å². The van der Waals surface area contributed by atoms with Crippen LogP contribution in [0.25, 0.3) is 0 Å². The van der Waals surface area contributed by atoms with Gasteiger partial charge in [-0.15, -0.1) is 0 Å². The Labute approximate surface area is 138 Å². The van der Waals surface area contributed by atoms with Crippen molar-refractivity contribution >= 4 is 11.9 Å². The molecular formula is C17H28N4O2. The highest BCUT2D eigenvalue weighted by Gasteiger charge is 2.05. The molecule has 0 bridgehead atoms. The summed E-state index contributed by atoms with van der Waals surface area (Å²) < 4.78 is 5.31. The summed E-state index contributed by atoms with van der Waals surface area (Å²) in [5.74, 6) is 1.03. The van der Waals surface area contributed by atoms with Gasteiger partial charge in [0, 0.05) is 20.1 Å². The second-order valence-corrected chi connectivity index (χ2v) is 5.35. The molecule has 3 N–H and O–H groups in total. The molecule has 0 heterocycles. The van der Waals surface area contributed by atoms with E-state index in [9.17, 15) is 4.79 Å². The lowest BCUT2D eigenvalue weighted by molar-refractivity contribution is -0.119. The Bertz CT molecular complexity index is 517. The molecule has 0 aromatic heterocycles. The lowest BCUT2D eigenvalue weighted by atomic mass is 10.2. The van der Waals surface area contributed by atoms with E-state index in [1.165, 1.54) is 0 Å². The number of ether oxygens (including phenoxy) is 1. The number of unbranched alkanes of at least 4 members (excludes halogenated alkanes) is 1. The highest BCUT2D eigenvalue weighted by Crippen LogP contribution is 2.14. The van der Waals surface area contributed by atoms with Gasteiger partial charge in [0.05, 0.1) is 6.54 Å². The largest absolute Gasteiger partial charge is 0.484 e. The number of amides is 1. The van der Waals surface area contributed by atoms with Gasteiger partial charge in [-0.05, 0) is 31.0 Å². The van der Waals surface area contributed by atoms with E-state index in [-0.39, 0.29) is 6.61 Å². The maximum atomic E-state index is 10.8. The number of nitrogens with two attached hydrogens (primary N) is 1. The Kier molecular flexibility index (Phi) is 8.57. The summed E-state index contributed by atoms with van der Waals surface area (Å²) in [6.45, 7) is 6.47. The van der Waals surface area contributed by atoms with Crippen molar-refractivity contribution in [2.24, 2.45) is 10.7 Å². The van der Waals surface area contributed by atoms with E-state index < -0.39 is 5.91 Å². The molecule has 0 radical (unpaired) electrons. The molecule has 0 fully saturated rings. The van der Waals surface area contributed by atoms with Crippen molar-refractivity contribution in [3.63, 3.8) is 0 Å². The highest BCUT2D eigenvalue weighted by molar-refractivity contribution is 5.79. The summed E-state index contributed by atoms with van der Waals surface area (Å²) in [6, 6.07) is 7.54. The first-order chi connectivity index (χ1) is 11.1. The van der Waals surface area contributed by atoms with Gasteiger partial charge in [0.2, 0.25) is 0 Å². The maximum absolute atomic E-state index is 10.8. The van der Waals surface area contributed by atoms with Gasteiger partial charge in [-0.2, -0.15) is 0 Å². The van der Waals surface area contributed by atoms with Crippen LogP contribution in [0.5, 0.6) is 5.75 Å². The van der Waals surface area contributed by atoms with Crippen molar-refractivity contribution in [3.05, 3.63) is 29.8 Å². The van der Waals surface area contributed by atoms with E-state index >= 15 is 0 Å². The Hall–Kier alpha value is -2.24. The minimum absolute atomic E-state index is 0.116. The molecule has 1 amide bonds. The Morgan fingerprint density at radius 2 is 2.17 bits per heavy atom. The minimum atomic E-state index is -0.486. The zero-order valence-corrected chi connectivity index (χ0v) is 14.3. The van der Waals surface area contributed by atoms with Crippen molar-refractivity contribution in [2.45, 2.75) is 33.2 Å². The molecule has 6 nitrogen and oxygen atoms in total. The number of primary amides is 1. The minimum Gasteiger partial charge on any atom is -0.484 e. The number of guanidine groups is 1. The first kappa shape index (κ1) is 18.8. The molecule has 0 saturated carbocycles. The average Bonchev–Trinajstić information content (AvgIpc) is 2.55. The fourth-order valence-electron chi connectivity index (χ4n) is 2.03. The molecule has 1 rings (SSSR count). The number of hydrogen-bond acceptors (Lipinski definition) is 3. The first-order valence-electron chi connectivity index (χ1n) is 8.06. The molecule has 128 valence electrons. The van der Waals surface area contributed by atoms with Crippen molar-refractivity contribution in [1.29, 1.82) is 0 Å². The van der Waals surface area contributed by atoms with Crippen LogP contribution in [0.3, 0.4) is 0 Å². The molecule has 0 saturated heterocycles. The second kappa shape index (κ2) is 10.5. The van der Waals surface area contributed by atoms with Gasteiger partial charge in [0.25, 0.3) is 5.91 Å². The van der Waals surface area contributed by atoms with Crippen LogP contribution in [-0.2, 0) is 11.3 Å². The first-order valence-corrected chi connectivity index (χ1v) is 8.06. The third-order valence-electron chi connectivity index (χ3n) is 3.23. The average molecular weight is 320 g/mol. The summed E-state index contributed by atoms with van der Waals surface area (Å²) >= 11 is 0. The van der Waals surface area contributed by atoms with E-state index in [1.807, 2.05) is 25.2 Å². The zero-order valence-electron chi connectivity index (χ0n) is 14.3. The predicted molar refractivity (Wildman–Crippen MR) is 93.5 cm³/mol. The van der Waals surface area contributed by atoms with Gasteiger partial charge in [0.1, 0.15) is 5.75 Å². The number of carbonyl (C=O) groups is 1. The van der Waals surface area contributed by atoms with Crippen molar-refractivity contribution < 1.29 is 9.53 Å². The molecule has 23 heavy (non-hydrogen) atoms. The summed E-state index contributed by atoms with van der Waals surface area (Å²) in [6.07, 6.45) is 2.29. The Morgan fingerprint density at radius 1 is 1.39 bits per heavy atom. The number of carbonyl (C=O) groups excluding carboxylic acids is 1. The maximum Gasteiger partial charge on any atom is 0.255 e. The Balaban J connectivity index is 2.70. The lowest BCUT2D eigenvalue weighted by Gasteiger charge is -2.21. The second-order valence-electron chi connectivity index (χ2n) is 5.35. The summed E-state index contributed by atoms with van der Waals surface area (Å²) in [5, 5.41) is 3.30. The van der Waals surface area contributed by atoms with Gasteiger partial charge >= 0.3 is 0 Å². The van der Waals surface area contributed by atoms with Crippen LogP contribution in [0, 0.1) is 0 Å². The number of benzene rings is 1. The van der Waals surface area contributed by atoms with Crippen LogP contribution in [0.1, 0.15) is 32.3 Å². The summed E-state index contributed by atoms with van der Waals surface area (Å²) in [4.78, 5) is 17.6. The van der Waals surface area contributed by atoms with Crippen LogP contribution in [0.2, 0.25) is 0 Å². The van der Waals surface area contributed by atoms with E-state index in [2.05, 4.69) is 29.1 Å². The third-order valence-corrected chi connectivity index (χ3v) is 3.23. The number of nitrogens with zero attached hydrogens (tertiary/aromatic N) is 2. The molecule has 0 spiro atoms. The third kappa shape index (κ3) is 7.54. The van der Waals surface area contributed by atoms with E-state index in [0.717, 1.165) is 37.5 Å². The topological polar surface area (TPSA) is 79.9 Å². The molecule has 0 aliphatic rings. The lowest BCUT2D eigenvalue weighted by Crippen LogP contribution is -2.39. The standard InChI is InChI=1S/C17H28N4O2/c1-4-6-10-21(3)17(19-5-2)20-12-14-8-7-9-15(11-14)23-13-16(18)22/h7-9,11H,4-6,10,12-13H2,1-3H3,(H2,18,22)(H,19,20). The van der Waals surface area contributed by atoms with Crippen molar-refractivity contribution in [3.8, 4) is 5.75 Å². The van der Waals surface area contributed by atoms with E-state index in [1.54, 1.807) is 6.07 Å². The normalized spacial score (nSPS) is 11.2. The molecule has 0 aliphatic heterocycles. The van der Waals surface area contributed by atoms with Crippen LogP contribution in [0.15, 0.2) is 29.3 Å².